The van der Waals surface area contributed by atoms with Gasteiger partial charge >= 0.3 is 0 Å². The van der Waals surface area contributed by atoms with Crippen molar-refractivity contribution in [2.75, 3.05) is 31.7 Å². The molecule has 2 aliphatic heterocycles. The highest BCUT2D eigenvalue weighted by molar-refractivity contribution is 6.00. The van der Waals surface area contributed by atoms with E-state index in [1.165, 1.54) is 12.7 Å². The van der Waals surface area contributed by atoms with Crippen molar-refractivity contribution in [3.05, 3.63) is 53.0 Å². The number of fused-ring (bicyclic) bond motifs is 1. The summed E-state index contributed by atoms with van der Waals surface area (Å²) in [6, 6.07) is 10.1. The minimum Gasteiger partial charge on any atom is -0.375 e. The maximum absolute atomic E-state index is 12.7. The number of aryl methyl sites for hydroxylation is 2. The van der Waals surface area contributed by atoms with Crippen LogP contribution in [0.1, 0.15) is 54.4 Å². The molecule has 164 valence electrons. The van der Waals surface area contributed by atoms with Gasteiger partial charge in [-0.15, -0.1) is 0 Å². The molecule has 1 saturated heterocycles. The molecule has 1 aromatic heterocycles. The van der Waals surface area contributed by atoms with E-state index in [9.17, 15) is 9.59 Å². The third-order valence-corrected chi connectivity index (χ3v) is 6.17. The smallest absolute Gasteiger partial charge is 0.249 e. The molecule has 1 fully saturated rings. The van der Waals surface area contributed by atoms with E-state index < -0.39 is 0 Å². The summed E-state index contributed by atoms with van der Waals surface area (Å²) in [5, 5.41) is 0. The van der Waals surface area contributed by atoms with Gasteiger partial charge in [0, 0.05) is 31.5 Å². The molecule has 1 aromatic carbocycles. The molecule has 4 rings (SSSR count). The van der Waals surface area contributed by atoms with Crippen LogP contribution in [0.25, 0.3) is 0 Å². The molecule has 0 saturated carbocycles. The van der Waals surface area contributed by atoms with Gasteiger partial charge in [-0.1, -0.05) is 30.3 Å². The maximum atomic E-state index is 12.7. The van der Waals surface area contributed by atoms with Crippen LogP contribution in [0.2, 0.25) is 0 Å². The molecule has 0 N–H and O–H groups in total. The lowest BCUT2D eigenvalue weighted by molar-refractivity contribution is -0.139. The Kier molecular flexibility index (Phi) is 6.61. The second-order valence-electron chi connectivity index (χ2n) is 8.31. The number of carbonyl (C=O) groups is 2. The number of carbonyl (C=O) groups excluding carboxylic acids is 2. The molecule has 0 aliphatic carbocycles. The first-order valence-electron chi connectivity index (χ1n) is 11.1. The fraction of sp³-hybridized carbons (Fsp3) is 0.500. The molecular formula is C24H30N4O3. The molecule has 3 heterocycles. The third-order valence-electron chi connectivity index (χ3n) is 6.17. The first-order valence-corrected chi connectivity index (χ1v) is 11.1. The second-order valence-corrected chi connectivity index (χ2v) is 8.31. The molecule has 0 spiro atoms. The Morgan fingerprint density at radius 3 is 2.77 bits per heavy atom. The summed E-state index contributed by atoms with van der Waals surface area (Å²) in [5.74, 6) is 1.41. The lowest BCUT2D eigenvalue weighted by Gasteiger charge is -2.35. The Morgan fingerprint density at radius 2 is 2.00 bits per heavy atom. The van der Waals surface area contributed by atoms with E-state index >= 15 is 0 Å². The number of piperidine rings is 1. The van der Waals surface area contributed by atoms with Gasteiger partial charge in [-0.25, -0.2) is 9.97 Å². The number of hydrogen-bond donors (Lipinski definition) is 0. The summed E-state index contributed by atoms with van der Waals surface area (Å²) in [6.07, 6.45) is 4.97. The van der Waals surface area contributed by atoms with Crippen LogP contribution in [0, 0.1) is 6.92 Å². The van der Waals surface area contributed by atoms with E-state index in [1.807, 2.05) is 30.0 Å². The SMILES string of the molecule is COCC(=O)N1CCCC[C@H]1c1nc(C)c2c(n1)N(CCCc1ccccc1)C(=O)C2. The summed E-state index contributed by atoms with van der Waals surface area (Å²) in [5.41, 5.74) is 3.02. The number of aromatic nitrogens is 2. The first kappa shape index (κ1) is 21.4. The van der Waals surface area contributed by atoms with Gasteiger partial charge in [-0.3, -0.25) is 14.5 Å². The van der Waals surface area contributed by atoms with E-state index in [0.29, 0.717) is 25.3 Å². The Bertz CT molecular complexity index is 947. The van der Waals surface area contributed by atoms with Crippen LogP contribution in [0.5, 0.6) is 0 Å². The minimum absolute atomic E-state index is 0.0373. The zero-order chi connectivity index (χ0) is 21.8. The van der Waals surface area contributed by atoms with E-state index in [2.05, 4.69) is 12.1 Å². The number of rotatable bonds is 7. The minimum atomic E-state index is -0.165. The van der Waals surface area contributed by atoms with Gasteiger partial charge in [0.05, 0.1) is 12.5 Å². The number of hydrogen-bond acceptors (Lipinski definition) is 5. The normalized spacial score (nSPS) is 18.4. The van der Waals surface area contributed by atoms with Crippen molar-refractivity contribution in [3.63, 3.8) is 0 Å². The predicted octanol–water partition coefficient (Wildman–Crippen LogP) is 3.01. The van der Waals surface area contributed by atoms with Crippen LogP contribution in [-0.2, 0) is 27.2 Å². The van der Waals surface area contributed by atoms with Gasteiger partial charge in [-0.05, 0) is 44.6 Å². The van der Waals surface area contributed by atoms with Crippen molar-refractivity contribution in [1.29, 1.82) is 0 Å². The molecule has 31 heavy (non-hydrogen) atoms. The van der Waals surface area contributed by atoms with Crippen LogP contribution in [0.3, 0.4) is 0 Å². The highest BCUT2D eigenvalue weighted by Crippen LogP contribution is 2.34. The van der Waals surface area contributed by atoms with Crippen molar-refractivity contribution in [2.45, 2.75) is 51.5 Å². The summed E-state index contributed by atoms with van der Waals surface area (Å²) in [7, 11) is 1.53. The number of ether oxygens (including phenoxy) is 1. The Hall–Kier alpha value is -2.80. The highest BCUT2D eigenvalue weighted by atomic mass is 16.5. The molecule has 7 nitrogen and oxygen atoms in total. The van der Waals surface area contributed by atoms with Crippen molar-refractivity contribution >= 4 is 17.6 Å². The summed E-state index contributed by atoms with van der Waals surface area (Å²) in [6.45, 7) is 3.32. The number of benzene rings is 1. The average molecular weight is 423 g/mol. The standard InChI is InChI=1S/C24H30N4O3/c1-17-19-15-21(29)28(14-8-11-18-9-4-3-5-10-18)24(19)26-23(25-17)20-12-6-7-13-27(20)22(30)16-31-2/h3-5,9-10,20H,6-8,11-16H2,1-2H3/t20-/m0/s1. The van der Waals surface area contributed by atoms with Crippen molar-refractivity contribution < 1.29 is 14.3 Å². The fourth-order valence-corrected chi connectivity index (χ4v) is 4.57. The zero-order valence-electron chi connectivity index (χ0n) is 18.3. The van der Waals surface area contributed by atoms with Crippen molar-refractivity contribution in [1.82, 2.24) is 14.9 Å². The summed E-state index contributed by atoms with van der Waals surface area (Å²) >= 11 is 0. The van der Waals surface area contributed by atoms with Crippen LogP contribution < -0.4 is 4.90 Å². The zero-order valence-corrected chi connectivity index (χ0v) is 18.3. The lowest BCUT2D eigenvalue weighted by atomic mass is 10.0. The number of nitrogens with zero attached hydrogens (tertiary/aromatic N) is 4. The topological polar surface area (TPSA) is 75.6 Å². The second kappa shape index (κ2) is 9.56. The first-order chi connectivity index (χ1) is 15.1. The van der Waals surface area contributed by atoms with Gasteiger partial charge in [0.15, 0.2) is 5.82 Å². The van der Waals surface area contributed by atoms with Gasteiger partial charge < -0.3 is 9.64 Å². The number of likely N-dealkylation sites (tertiary alicyclic amines) is 1. The van der Waals surface area contributed by atoms with Gasteiger partial charge in [0.2, 0.25) is 11.8 Å². The fourth-order valence-electron chi connectivity index (χ4n) is 4.57. The molecular weight excluding hydrogens is 392 g/mol. The highest BCUT2D eigenvalue weighted by Gasteiger charge is 2.35. The summed E-state index contributed by atoms with van der Waals surface area (Å²) < 4.78 is 5.07. The monoisotopic (exact) mass is 422 g/mol. The molecule has 0 unspecified atom stereocenters. The van der Waals surface area contributed by atoms with Gasteiger partial charge in [0.25, 0.3) is 0 Å². The Balaban J connectivity index is 1.55. The average Bonchev–Trinajstić information content (AvgIpc) is 3.10. The van der Waals surface area contributed by atoms with E-state index in [4.69, 9.17) is 14.7 Å². The molecule has 2 amide bonds. The van der Waals surface area contributed by atoms with E-state index in [-0.39, 0.29) is 24.5 Å². The largest absolute Gasteiger partial charge is 0.375 e. The van der Waals surface area contributed by atoms with Crippen LogP contribution >= 0.6 is 0 Å². The molecule has 2 aromatic rings. The van der Waals surface area contributed by atoms with Gasteiger partial charge in [-0.2, -0.15) is 0 Å². The van der Waals surface area contributed by atoms with Crippen molar-refractivity contribution in [2.24, 2.45) is 0 Å². The Labute approximate surface area is 183 Å². The quantitative estimate of drug-likeness (QED) is 0.686. The Morgan fingerprint density at radius 1 is 1.19 bits per heavy atom. The van der Waals surface area contributed by atoms with Crippen LogP contribution in [0.4, 0.5) is 5.82 Å². The van der Waals surface area contributed by atoms with Crippen LogP contribution in [0.15, 0.2) is 30.3 Å². The van der Waals surface area contributed by atoms with E-state index in [1.54, 1.807) is 4.90 Å². The van der Waals surface area contributed by atoms with Crippen molar-refractivity contribution in [3.8, 4) is 0 Å². The van der Waals surface area contributed by atoms with Gasteiger partial charge in [0.1, 0.15) is 12.4 Å². The maximum Gasteiger partial charge on any atom is 0.249 e. The molecule has 0 radical (unpaired) electrons. The lowest BCUT2D eigenvalue weighted by Crippen LogP contribution is -2.41. The molecule has 2 aliphatic rings. The summed E-state index contributed by atoms with van der Waals surface area (Å²) in [4.78, 5) is 38.5. The number of methoxy groups -OCH3 is 1. The number of amides is 2. The molecule has 7 heteroatoms. The third kappa shape index (κ3) is 4.61. The molecule has 0 bridgehead atoms. The number of anilines is 1. The van der Waals surface area contributed by atoms with E-state index in [0.717, 1.165) is 49.2 Å². The molecule has 1 atom stereocenters. The van der Waals surface area contributed by atoms with Crippen LogP contribution in [-0.4, -0.2) is 53.5 Å². The predicted molar refractivity (Wildman–Crippen MR) is 118 cm³/mol.